The van der Waals surface area contributed by atoms with E-state index in [1.54, 1.807) is 6.07 Å². The summed E-state index contributed by atoms with van der Waals surface area (Å²) >= 11 is 0. The van der Waals surface area contributed by atoms with Gasteiger partial charge in [0.1, 0.15) is 5.82 Å². The van der Waals surface area contributed by atoms with Crippen LogP contribution in [0.5, 0.6) is 0 Å². The van der Waals surface area contributed by atoms with Gasteiger partial charge in [-0.25, -0.2) is 4.39 Å². The van der Waals surface area contributed by atoms with Gasteiger partial charge in [-0.1, -0.05) is 0 Å². The first-order valence-electron chi connectivity index (χ1n) is 8.99. The second-order valence-electron chi connectivity index (χ2n) is 7.50. The van der Waals surface area contributed by atoms with E-state index in [0.29, 0.717) is 43.6 Å². The zero-order valence-electron chi connectivity index (χ0n) is 13.9. The molecule has 2 amide bonds. The average Bonchev–Trinajstić information content (AvgIpc) is 3.04. The number of benzene rings is 1. The van der Waals surface area contributed by atoms with Crippen LogP contribution < -0.4 is 15.5 Å². The minimum Gasteiger partial charge on any atom is -0.363 e. The molecule has 2 bridgehead atoms. The second-order valence-corrected chi connectivity index (χ2v) is 7.50. The SMILES string of the molecule is O=C1CCC(N2Cc3c(F)ccc(N4C5CNCC4C5)c3C2)C(=O)N1. The maximum atomic E-state index is 14.4. The molecular formula is C18H21FN4O2. The van der Waals surface area contributed by atoms with Crippen molar-refractivity contribution in [2.24, 2.45) is 0 Å². The van der Waals surface area contributed by atoms with E-state index in [1.165, 1.54) is 6.42 Å². The van der Waals surface area contributed by atoms with Crippen molar-refractivity contribution in [2.45, 2.75) is 50.5 Å². The number of hydrogen-bond donors (Lipinski definition) is 2. The molecule has 0 aromatic heterocycles. The molecule has 0 saturated carbocycles. The number of piperidine rings is 2. The summed E-state index contributed by atoms with van der Waals surface area (Å²) in [6, 6.07) is 4.07. The van der Waals surface area contributed by atoms with Gasteiger partial charge >= 0.3 is 0 Å². The van der Waals surface area contributed by atoms with Gasteiger partial charge in [0.25, 0.3) is 0 Å². The fourth-order valence-corrected chi connectivity index (χ4v) is 4.83. The van der Waals surface area contributed by atoms with Crippen LogP contribution in [0.3, 0.4) is 0 Å². The number of carbonyl (C=O) groups is 2. The molecule has 0 aliphatic carbocycles. The lowest BCUT2D eigenvalue weighted by Crippen LogP contribution is -2.68. The van der Waals surface area contributed by atoms with Crippen LogP contribution in [0.15, 0.2) is 12.1 Å². The number of hydrogen-bond acceptors (Lipinski definition) is 5. The molecule has 25 heavy (non-hydrogen) atoms. The van der Waals surface area contributed by atoms with Crippen LogP contribution in [0.1, 0.15) is 30.4 Å². The van der Waals surface area contributed by atoms with E-state index in [4.69, 9.17) is 0 Å². The molecule has 6 nitrogen and oxygen atoms in total. The highest BCUT2D eigenvalue weighted by atomic mass is 19.1. The molecule has 1 aromatic carbocycles. The van der Waals surface area contributed by atoms with E-state index in [1.807, 2.05) is 11.0 Å². The number of piperazine rings is 1. The third-order valence-corrected chi connectivity index (χ3v) is 6.09. The molecule has 3 atom stereocenters. The number of amides is 2. The molecule has 0 radical (unpaired) electrons. The van der Waals surface area contributed by atoms with Crippen molar-refractivity contribution in [3.05, 3.63) is 29.1 Å². The Labute approximate surface area is 145 Å². The predicted octanol–water partition coefficient (Wildman–Crippen LogP) is 0.497. The molecule has 2 N–H and O–H groups in total. The van der Waals surface area contributed by atoms with Gasteiger partial charge in [0.05, 0.1) is 6.04 Å². The zero-order chi connectivity index (χ0) is 17.1. The van der Waals surface area contributed by atoms with E-state index in [0.717, 1.165) is 24.3 Å². The van der Waals surface area contributed by atoms with Crippen LogP contribution in [0.2, 0.25) is 0 Å². The molecule has 132 valence electrons. The summed E-state index contributed by atoms with van der Waals surface area (Å²) in [5.41, 5.74) is 2.84. The van der Waals surface area contributed by atoms with Crippen LogP contribution in [0, 0.1) is 5.82 Å². The largest absolute Gasteiger partial charge is 0.363 e. The van der Waals surface area contributed by atoms with Crippen molar-refractivity contribution in [3.63, 3.8) is 0 Å². The highest BCUT2D eigenvalue weighted by Gasteiger charge is 2.44. The van der Waals surface area contributed by atoms with Crippen molar-refractivity contribution in [1.29, 1.82) is 0 Å². The minimum absolute atomic E-state index is 0.197. The van der Waals surface area contributed by atoms with Crippen LogP contribution in [-0.4, -0.2) is 47.9 Å². The van der Waals surface area contributed by atoms with Crippen molar-refractivity contribution in [3.8, 4) is 0 Å². The highest BCUT2D eigenvalue weighted by Crippen LogP contribution is 2.41. The molecule has 3 saturated heterocycles. The van der Waals surface area contributed by atoms with Gasteiger partial charge < -0.3 is 10.2 Å². The van der Waals surface area contributed by atoms with Crippen LogP contribution >= 0.6 is 0 Å². The van der Waals surface area contributed by atoms with E-state index in [2.05, 4.69) is 15.5 Å². The average molecular weight is 344 g/mol. The van der Waals surface area contributed by atoms with Crippen molar-refractivity contribution in [1.82, 2.24) is 15.5 Å². The Morgan fingerprint density at radius 2 is 1.84 bits per heavy atom. The number of fused-ring (bicyclic) bond motifs is 3. The van der Waals surface area contributed by atoms with Crippen molar-refractivity contribution >= 4 is 17.5 Å². The molecular weight excluding hydrogens is 323 g/mol. The van der Waals surface area contributed by atoms with Crippen LogP contribution in [0.4, 0.5) is 10.1 Å². The van der Waals surface area contributed by atoms with E-state index in [9.17, 15) is 14.0 Å². The van der Waals surface area contributed by atoms with Crippen molar-refractivity contribution in [2.75, 3.05) is 18.0 Å². The van der Waals surface area contributed by atoms with Gasteiger partial charge in [-0.15, -0.1) is 0 Å². The summed E-state index contributed by atoms with van der Waals surface area (Å²) in [6.07, 6.45) is 2.05. The van der Waals surface area contributed by atoms with E-state index >= 15 is 0 Å². The number of anilines is 1. The Bertz CT molecular complexity index is 754. The van der Waals surface area contributed by atoms with Crippen LogP contribution in [-0.2, 0) is 22.7 Å². The third kappa shape index (κ3) is 2.29. The maximum absolute atomic E-state index is 14.4. The molecule has 4 heterocycles. The Morgan fingerprint density at radius 3 is 2.56 bits per heavy atom. The van der Waals surface area contributed by atoms with Gasteiger partial charge in [0.15, 0.2) is 0 Å². The first-order chi connectivity index (χ1) is 12.1. The quantitative estimate of drug-likeness (QED) is 0.765. The Kier molecular flexibility index (Phi) is 3.36. The summed E-state index contributed by atoms with van der Waals surface area (Å²) in [5.74, 6) is -0.667. The molecule has 5 rings (SSSR count). The molecule has 4 aliphatic heterocycles. The first-order valence-corrected chi connectivity index (χ1v) is 8.99. The molecule has 1 aromatic rings. The summed E-state index contributed by atoms with van der Waals surface area (Å²) in [7, 11) is 0. The lowest BCUT2D eigenvalue weighted by atomic mass is 9.87. The van der Waals surface area contributed by atoms with Gasteiger partial charge in [-0.2, -0.15) is 0 Å². The van der Waals surface area contributed by atoms with Gasteiger partial charge in [0, 0.05) is 55.9 Å². The van der Waals surface area contributed by atoms with Gasteiger partial charge in [-0.05, 0) is 30.5 Å². The highest BCUT2D eigenvalue weighted by molar-refractivity contribution is 6.00. The fourth-order valence-electron chi connectivity index (χ4n) is 4.83. The number of carbonyl (C=O) groups excluding carboxylic acids is 2. The van der Waals surface area contributed by atoms with E-state index in [-0.39, 0.29) is 23.7 Å². The third-order valence-electron chi connectivity index (χ3n) is 6.09. The molecule has 7 heteroatoms. The Morgan fingerprint density at radius 1 is 1.08 bits per heavy atom. The lowest BCUT2D eigenvalue weighted by Gasteiger charge is -2.55. The molecule has 4 aliphatic rings. The maximum Gasteiger partial charge on any atom is 0.243 e. The summed E-state index contributed by atoms with van der Waals surface area (Å²) in [4.78, 5) is 28.0. The summed E-state index contributed by atoms with van der Waals surface area (Å²) in [5, 5.41) is 5.83. The zero-order valence-corrected chi connectivity index (χ0v) is 13.9. The summed E-state index contributed by atoms with van der Waals surface area (Å²) in [6.45, 7) is 2.94. The monoisotopic (exact) mass is 344 g/mol. The standard InChI is InChI=1S/C18H21FN4O2/c19-14-1-2-15(23-10-5-11(23)7-20-6-10)13-9-22(8-12(13)14)16-3-4-17(24)21-18(16)25/h1-2,10-11,16,20H,3-9H2,(H,21,24,25). The van der Waals surface area contributed by atoms with Gasteiger partial charge in [0.2, 0.25) is 11.8 Å². The number of nitrogens with zero attached hydrogens (tertiary/aromatic N) is 2. The Balaban J connectivity index is 1.44. The predicted molar refractivity (Wildman–Crippen MR) is 89.4 cm³/mol. The smallest absolute Gasteiger partial charge is 0.243 e. The molecule has 3 unspecified atom stereocenters. The normalized spacial score (nSPS) is 31.6. The Hall–Kier alpha value is -1.99. The van der Waals surface area contributed by atoms with Crippen molar-refractivity contribution < 1.29 is 14.0 Å². The minimum atomic E-state index is -0.352. The molecule has 0 spiro atoms. The summed E-state index contributed by atoms with van der Waals surface area (Å²) < 4.78 is 14.4. The van der Waals surface area contributed by atoms with Crippen LogP contribution in [0.25, 0.3) is 0 Å². The first kappa shape index (κ1) is 15.3. The fraction of sp³-hybridized carbons (Fsp3) is 0.556. The number of nitrogens with one attached hydrogen (secondary N) is 2. The lowest BCUT2D eigenvalue weighted by molar-refractivity contribution is -0.137. The van der Waals surface area contributed by atoms with Gasteiger partial charge in [-0.3, -0.25) is 19.8 Å². The topological polar surface area (TPSA) is 64.7 Å². The number of halogens is 1. The van der Waals surface area contributed by atoms with E-state index < -0.39 is 0 Å². The number of imide groups is 1. The number of rotatable bonds is 2. The molecule has 3 fully saturated rings. The second kappa shape index (κ2) is 5.51.